The Kier molecular flexibility index (Phi) is 9.86. The zero-order valence-corrected chi connectivity index (χ0v) is 25.3. The summed E-state index contributed by atoms with van der Waals surface area (Å²) in [7, 11) is -4.08. The summed E-state index contributed by atoms with van der Waals surface area (Å²) in [6.07, 6.45) is 5.19. The first-order valence-corrected chi connectivity index (χ1v) is 15.8. The summed E-state index contributed by atoms with van der Waals surface area (Å²) in [6, 6.07) is 20.7. The molecule has 0 bridgehead atoms. The van der Waals surface area contributed by atoms with E-state index in [1.807, 2.05) is 57.2 Å². The standard InChI is InChI=1S/C33H41N3O4S/c1-24-19-20-31(26(3)21-24)36(41(39,40)30-17-9-6-10-18-30)23-32(37)35(22-28-14-12-11-13-25(28)2)27(4)33(38)34-29-15-7-5-8-16-29/h6,9-14,17-21,27,29H,5,7-8,15-16,22-23H2,1-4H3,(H,34,38)/t27-/m1/s1. The van der Waals surface area contributed by atoms with E-state index in [9.17, 15) is 18.0 Å². The minimum absolute atomic E-state index is 0.0966. The summed E-state index contributed by atoms with van der Waals surface area (Å²) in [5.41, 5.74) is 4.06. The number of anilines is 1. The van der Waals surface area contributed by atoms with Gasteiger partial charge in [-0.1, -0.05) is 79.4 Å². The van der Waals surface area contributed by atoms with Crippen molar-refractivity contribution in [2.24, 2.45) is 0 Å². The van der Waals surface area contributed by atoms with Crippen LogP contribution in [-0.2, 0) is 26.2 Å². The Labute approximate surface area is 244 Å². The number of hydrogen-bond acceptors (Lipinski definition) is 4. The molecule has 0 heterocycles. The molecule has 41 heavy (non-hydrogen) atoms. The molecule has 1 saturated carbocycles. The van der Waals surface area contributed by atoms with Crippen LogP contribution in [0, 0.1) is 20.8 Å². The molecule has 1 aliphatic rings. The summed E-state index contributed by atoms with van der Waals surface area (Å²) < 4.78 is 29.1. The van der Waals surface area contributed by atoms with E-state index in [2.05, 4.69) is 5.32 Å². The minimum atomic E-state index is -4.08. The zero-order valence-electron chi connectivity index (χ0n) is 24.5. The number of nitrogens with one attached hydrogen (secondary N) is 1. The van der Waals surface area contributed by atoms with Gasteiger partial charge in [0.05, 0.1) is 10.6 Å². The number of carbonyl (C=O) groups is 2. The number of nitrogens with zero attached hydrogens (tertiary/aromatic N) is 2. The lowest BCUT2D eigenvalue weighted by molar-refractivity contribution is -0.139. The summed E-state index contributed by atoms with van der Waals surface area (Å²) in [5, 5.41) is 3.15. The molecule has 8 heteroatoms. The number of sulfonamides is 1. The molecule has 0 unspecified atom stereocenters. The van der Waals surface area contributed by atoms with Crippen LogP contribution in [0.25, 0.3) is 0 Å². The van der Waals surface area contributed by atoms with E-state index >= 15 is 0 Å². The third-order valence-electron chi connectivity index (χ3n) is 7.95. The number of carbonyl (C=O) groups excluding carboxylic acids is 2. The average Bonchev–Trinajstić information content (AvgIpc) is 2.96. The summed E-state index contributed by atoms with van der Waals surface area (Å²) >= 11 is 0. The predicted octanol–water partition coefficient (Wildman–Crippen LogP) is 5.67. The maximum Gasteiger partial charge on any atom is 0.264 e. The van der Waals surface area contributed by atoms with Crippen molar-refractivity contribution in [1.29, 1.82) is 0 Å². The maximum absolute atomic E-state index is 14.2. The van der Waals surface area contributed by atoms with Crippen LogP contribution in [0.4, 0.5) is 5.69 Å². The molecule has 1 atom stereocenters. The second kappa shape index (κ2) is 13.3. The van der Waals surface area contributed by atoms with E-state index in [0.29, 0.717) is 5.69 Å². The van der Waals surface area contributed by atoms with Crippen molar-refractivity contribution in [1.82, 2.24) is 10.2 Å². The number of rotatable bonds is 10. The lowest BCUT2D eigenvalue weighted by Crippen LogP contribution is -2.53. The highest BCUT2D eigenvalue weighted by Crippen LogP contribution is 2.28. The quantitative estimate of drug-likeness (QED) is 0.337. The van der Waals surface area contributed by atoms with Gasteiger partial charge >= 0.3 is 0 Å². The van der Waals surface area contributed by atoms with Crippen LogP contribution in [0.1, 0.15) is 61.3 Å². The molecule has 3 aromatic rings. The van der Waals surface area contributed by atoms with E-state index in [1.54, 1.807) is 31.2 Å². The molecule has 218 valence electrons. The van der Waals surface area contributed by atoms with Crippen LogP contribution in [0.2, 0.25) is 0 Å². The van der Waals surface area contributed by atoms with E-state index in [-0.39, 0.29) is 23.4 Å². The first kappa shape index (κ1) is 30.3. The molecule has 1 aliphatic carbocycles. The van der Waals surface area contributed by atoms with Gasteiger partial charge in [-0.2, -0.15) is 0 Å². The Hall–Kier alpha value is -3.65. The van der Waals surface area contributed by atoms with E-state index < -0.39 is 28.5 Å². The molecular formula is C33H41N3O4S. The Bertz CT molecular complexity index is 1470. The molecule has 7 nitrogen and oxygen atoms in total. The van der Waals surface area contributed by atoms with Crippen LogP contribution in [0.5, 0.6) is 0 Å². The van der Waals surface area contributed by atoms with Gasteiger partial charge in [-0.05, 0) is 75.4 Å². The largest absolute Gasteiger partial charge is 0.352 e. The van der Waals surface area contributed by atoms with Crippen LogP contribution >= 0.6 is 0 Å². The van der Waals surface area contributed by atoms with E-state index in [4.69, 9.17) is 0 Å². The molecule has 0 saturated heterocycles. The predicted molar refractivity (Wildman–Crippen MR) is 163 cm³/mol. The van der Waals surface area contributed by atoms with Gasteiger partial charge in [-0.3, -0.25) is 13.9 Å². The number of benzene rings is 3. The average molecular weight is 576 g/mol. The number of hydrogen-bond donors (Lipinski definition) is 1. The fourth-order valence-corrected chi connectivity index (χ4v) is 6.94. The summed E-state index contributed by atoms with van der Waals surface area (Å²) in [5.74, 6) is -0.665. The highest BCUT2D eigenvalue weighted by Gasteiger charge is 2.33. The van der Waals surface area contributed by atoms with Crippen molar-refractivity contribution >= 4 is 27.5 Å². The molecule has 0 aliphatic heterocycles. The van der Waals surface area contributed by atoms with Crippen molar-refractivity contribution in [3.8, 4) is 0 Å². The van der Waals surface area contributed by atoms with Gasteiger partial charge in [0.2, 0.25) is 11.8 Å². The third-order valence-corrected chi connectivity index (χ3v) is 9.73. The molecule has 0 spiro atoms. The van der Waals surface area contributed by atoms with Crippen molar-refractivity contribution in [3.05, 3.63) is 95.1 Å². The second-order valence-electron chi connectivity index (χ2n) is 11.1. The molecule has 1 fully saturated rings. The number of aryl methyl sites for hydroxylation is 3. The molecule has 1 N–H and O–H groups in total. The van der Waals surface area contributed by atoms with E-state index in [0.717, 1.165) is 47.9 Å². The van der Waals surface area contributed by atoms with Gasteiger partial charge < -0.3 is 10.2 Å². The smallest absolute Gasteiger partial charge is 0.264 e. The van der Waals surface area contributed by atoms with Gasteiger partial charge in [-0.25, -0.2) is 8.42 Å². The summed E-state index contributed by atoms with van der Waals surface area (Å²) in [4.78, 5) is 29.2. The fraction of sp³-hybridized carbons (Fsp3) is 0.394. The van der Waals surface area contributed by atoms with Crippen LogP contribution in [-0.4, -0.2) is 43.8 Å². The van der Waals surface area contributed by atoms with Crippen LogP contribution in [0.15, 0.2) is 77.7 Å². The topological polar surface area (TPSA) is 86.8 Å². The van der Waals surface area contributed by atoms with Crippen molar-refractivity contribution in [3.63, 3.8) is 0 Å². The molecular weight excluding hydrogens is 534 g/mol. The first-order chi connectivity index (χ1) is 19.6. The Morgan fingerprint density at radius 3 is 2.20 bits per heavy atom. The Balaban J connectivity index is 1.70. The lowest BCUT2D eigenvalue weighted by atomic mass is 9.95. The summed E-state index contributed by atoms with van der Waals surface area (Å²) in [6.45, 7) is 7.22. The minimum Gasteiger partial charge on any atom is -0.352 e. The van der Waals surface area contributed by atoms with Crippen LogP contribution < -0.4 is 9.62 Å². The maximum atomic E-state index is 14.2. The van der Waals surface area contributed by atoms with Gasteiger partial charge in [-0.15, -0.1) is 0 Å². The molecule has 0 aromatic heterocycles. The van der Waals surface area contributed by atoms with Gasteiger partial charge in [0, 0.05) is 12.6 Å². The highest BCUT2D eigenvalue weighted by atomic mass is 32.2. The van der Waals surface area contributed by atoms with Crippen LogP contribution in [0.3, 0.4) is 0 Å². The van der Waals surface area contributed by atoms with Crippen molar-refractivity contribution in [2.75, 3.05) is 10.8 Å². The molecule has 2 amide bonds. The monoisotopic (exact) mass is 575 g/mol. The molecule has 4 rings (SSSR count). The zero-order chi connectivity index (χ0) is 29.6. The van der Waals surface area contributed by atoms with E-state index in [1.165, 1.54) is 27.8 Å². The van der Waals surface area contributed by atoms with Gasteiger partial charge in [0.1, 0.15) is 12.6 Å². The highest BCUT2D eigenvalue weighted by molar-refractivity contribution is 7.92. The van der Waals surface area contributed by atoms with Gasteiger partial charge in [0.25, 0.3) is 10.0 Å². The van der Waals surface area contributed by atoms with Gasteiger partial charge in [0.15, 0.2) is 0 Å². The number of amides is 2. The third kappa shape index (κ3) is 7.36. The second-order valence-corrected chi connectivity index (χ2v) is 12.9. The Morgan fingerprint density at radius 2 is 1.54 bits per heavy atom. The molecule has 3 aromatic carbocycles. The van der Waals surface area contributed by atoms with Crippen molar-refractivity contribution in [2.45, 2.75) is 83.3 Å². The Morgan fingerprint density at radius 1 is 0.878 bits per heavy atom. The molecule has 0 radical (unpaired) electrons. The fourth-order valence-electron chi connectivity index (χ4n) is 5.44. The normalized spacial score (nSPS) is 14.7. The SMILES string of the molecule is Cc1ccc(N(CC(=O)N(Cc2ccccc2C)[C@H](C)C(=O)NC2CCCCC2)S(=O)(=O)c2ccccc2)c(C)c1. The van der Waals surface area contributed by atoms with Crippen molar-refractivity contribution < 1.29 is 18.0 Å². The lowest BCUT2D eigenvalue weighted by Gasteiger charge is -2.34. The first-order valence-electron chi connectivity index (χ1n) is 14.4.